The molecule has 0 radical (unpaired) electrons. The Labute approximate surface area is 123 Å². The van der Waals surface area contributed by atoms with Gasteiger partial charge in [0.15, 0.2) is 6.17 Å². The lowest BCUT2D eigenvalue weighted by Gasteiger charge is -2.29. The quantitative estimate of drug-likeness (QED) is 0.595. The highest BCUT2D eigenvalue weighted by molar-refractivity contribution is 6.27. The van der Waals surface area contributed by atoms with Crippen molar-refractivity contribution in [3.63, 3.8) is 0 Å². The molecule has 5 amide bonds. The summed E-state index contributed by atoms with van der Waals surface area (Å²) in [7, 11) is 0. The van der Waals surface area contributed by atoms with Crippen LogP contribution in [0.1, 0.15) is 20.7 Å². The van der Waals surface area contributed by atoms with E-state index >= 15 is 0 Å². The topological polar surface area (TPSA) is 95.6 Å². The van der Waals surface area contributed by atoms with Crippen molar-refractivity contribution in [1.29, 1.82) is 0 Å². The van der Waals surface area contributed by atoms with E-state index in [4.69, 9.17) is 0 Å². The second-order valence-electron chi connectivity index (χ2n) is 5.05. The van der Waals surface area contributed by atoms with E-state index < -0.39 is 29.9 Å². The molecule has 2 N–H and O–H groups in total. The minimum absolute atomic E-state index is 0.335. The summed E-state index contributed by atoms with van der Waals surface area (Å²) in [5, 5.41) is 5.65. The minimum atomic E-state index is -1.32. The van der Waals surface area contributed by atoms with E-state index in [1.807, 2.05) is 17.4 Å². The van der Waals surface area contributed by atoms with E-state index in [2.05, 4.69) is 5.32 Å². The largest absolute Gasteiger partial charge is 0.323 e. The van der Waals surface area contributed by atoms with Crippen molar-refractivity contribution in [3.05, 3.63) is 47.5 Å². The molecule has 2 aromatic rings. The van der Waals surface area contributed by atoms with Gasteiger partial charge in [-0.15, -0.1) is 0 Å². The van der Waals surface area contributed by atoms with Crippen molar-refractivity contribution in [1.82, 2.24) is 15.5 Å². The summed E-state index contributed by atoms with van der Waals surface area (Å²) < 4.78 is 0. The highest BCUT2D eigenvalue weighted by atomic mass is 16.2. The molecule has 7 nitrogen and oxygen atoms in total. The van der Waals surface area contributed by atoms with Crippen LogP contribution in [-0.4, -0.2) is 34.8 Å². The van der Waals surface area contributed by atoms with Crippen molar-refractivity contribution >= 4 is 34.5 Å². The number of amides is 5. The second kappa shape index (κ2) is 4.14. The molecule has 4 rings (SSSR count). The molecule has 2 aliphatic rings. The van der Waals surface area contributed by atoms with Crippen molar-refractivity contribution in [2.75, 3.05) is 0 Å². The molecule has 22 heavy (non-hydrogen) atoms. The van der Waals surface area contributed by atoms with Gasteiger partial charge < -0.3 is 5.32 Å². The Morgan fingerprint density at radius 1 is 0.864 bits per heavy atom. The van der Waals surface area contributed by atoms with Crippen LogP contribution in [0.5, 0.6) is 0 Å². The third-order valence-corrected chi connectivity index (χ3v) is 3.81. The Hall–Kier alpha value is -3.22. The van der Waals surface area contributed by atoms with E-state index in [-0.39, 0.29) is 0 Å². The lowest BCUT2D eigenvalue weighted by atomic mass is 9.94. The van der Waals surface area contributed by atoms with Crippen LogP contribution in [-0.2, 0) is 4.79 Å². The molecule has 0 bridgehead atoms. The first-order chi connectivity index (χ1) is 10.6. The first-order valence-corrected chi connectivity index (χ1v) is 6.59. The Morgan fingerprint density at radius 2 is 1.45 bits per heavy atom. The lowest BCUT2D eigenvalue weighted by Crippen LogP contribution is -2.54. The third-order valence-electron chi connectivity index (χ3n) is 3.81. The number of carbonyl (C=O) groups excluding carboxylic acids is 4. The monoisotopic (exact) mass is 295 g/mol. The Bertz CT molecular complexity index is 839. The van der Waals surface area contributed by atoms with Crippen LogP contribution in [0.15, 0.2) is 36.4 Å². The van der Waals surface area contributed by atoms with Crippen LogP contribution in [0.4, 0.5) is 4.79 Å². The molecule has 1 fully saturated rings. The number of benzene rings is 2. The molecular weight excluding hydrogens is 286 g/mol. The van der Waals surface area contributed by atoms with Gasteiger partial charge in [0.2, 0.25) is 0 Å². The van der Waals surface area contributed by atoms with Crippen LogP contribution < -0.4 is 10.6 Å². The van der Waals surface area contributed by atoms with Gasteiger partial charge in [-0.25, -0.2) is 9.69 Å². The van der Waals surface area contributed by atoms with Gasteiger partial charge in [0.1, 0.15) is 0 Å². The van der Waals surface area contributed by atoms with Gasteiger partial charge in [-0.3, -0.25) is 19.7 Å². The molecule has 1 saturated heterocycles. The van der Waals surface area contributed by atoms with Gasteiger partial charge in [0.25, 0.3) is 17.7 Å². The SMILES string of the molecule is O=C1NC(=O)C(N2C(=O)c3cccc4cccc(c34)C2=O)N1. The maximum Gasteiger partial charge on any atom is 0.323 e. The van der Waals surface area contributed by atoms with Crippen LogP contribution in [0.2, 0.25) is 0 Å². The maximum absolute atomic E-state index is 12.6. The highest BCUT2D eigenvalue weighted by Gasteiger charge is 2.44. The fourth-order valence-corrected chi connectivity index (χ4v) is 2.87. The van der Waals surface area contributed by atoms with Crippen molar-refractivity contribution in [3.8, 4) is 0 Å². The zero-order chi connectivity index (χ0) is 15.4. The van der Waals surface area contributed by atoms with Crippen LogP contribution >= 0.6 is 0 Å². The Kier molecular flexibility index (Phi) is 2.35. The molecule has 0 saturated carbocycles. The molecule has 1 atom stereocenters. The molecule has 0 aliphatic carbocycles. The van der Waals surface area contributed by atoms with Crippen LogP contribution in [0.3, 0.4) is 0 Å². The summed E-state index contributed by atoms with van der Waals surface area (Å²) >= 11 is 0. The number of nitrogens with zero attached hydrogens (tertiary/aromatic N) is 1. The van der Waals surface area contributed by atoms with Gasteiger partial charge in [-0.05, 0) is 17.5 Å². The number of hydrogen-bond acceptors (Lipinski definition) is 4. The maximum atomic E-state index is 12.6. The average Bonchev–Trinajstić information content (AvgIpc) is 2.83. The van der Waals surface area contributed by atoms with Gasteiger partial charge in [0.05, 0.1) is 0 Å². The van der Waals surface area contributed by atoms with Gasteiger partial charge in [-0.1, -0.05) is 24.3 Å². The number of rotatable bonds is 1. The van der Waals surface area contributed by atoms with Crippen LogP contribution in [0, 0.1) is 0 Å². The number of imide groups is 2. The zero-order valence-electron chi connectivity index (χ0n) is 11.1. The van der Waals surface area contributed by atoms with Gasteiger partial charge >= 0.3 is 6.03 Å². The number of hydrogen-bond donors (Lipinski definition) is 2. The predicted octanol–water partition coefficient (Wildman–Crippen LogP) is 0.601. The summed E-state index contributed by atoms with van der Waals surface area (Å²) in [5.41, 5.74) is 0.670. The number of urea groups is 1. The molecule has 2 aliphatic heterocycles. The second-order valence-corrected chi connectivity index (χ2v) is 5.05. The summed E-state index contributed by atoms with van der Waals surface area (Å²) in [4.78, 5) is 49.1. The minimum Gasteiger partial charge on any atom is -0.309 e. The molecule has 0 aromatic heterocycles. The van der Waals surface area contributed by atoms with Gasteiger partial charge in [-0.2, -0.15) is 0 Å². The van der Waals surface area contributed by atoms with Crippen molar-refractivity contribution < 1.29 is 19.2 Å². The summed E-state index contributed by atoms with van der Waals surface area (Å²) in [6.07, 6.45) is -1.32. The summed E-state index contributed by atoms with van der Waals surface area (Å²) in [5.74, 6) is -1.92. The lowest BCUT2D eigenvalue weighted by molar-refractivity contribution is -0.122. The molecular formula is C15H9N3O4. The molecule has 108 valence electrons. The highest BCUT2D eigenvalue weighted by Crippen LogP contribution is 2.30. The summed E-state index contributed by atoms with van der Waals surface area (Å²) in [6, 6.07) is 9.50. The Morgan fingerprint density at radius 3 is 1.95 bits per heavy atom. The molecule has 2 heterocycles. The number of nitrogens with one attached hydrogen (secondary N) is 2. The van der Waals surface area contributed by atoms with Crippen LogP contribution in [0.25, 0.3) is 10.8 Å². The normalized spacial score (nSPS) is 20.4. The van der Waals surface area contributed by atoms with E-state index in [0.29, 0.717) is 16.5 Å². The van der Waals surface area contributed by atoms with E-state index in [0.717, 1.165) is 10.3 Å². The van der Waals surface area contributed by atoms with Crippen molar-refractivity contribution in [2.24, 2.45) is 0 Å². The average molecular weight is 295 g/mol. The van der Waals surface area contributed by atoms with E-state index in [1.54, 1.807) is 24.3 Å². The third kappa shape index (κ3) is 1.50. The first-order valence-electron chi connectivity index (χ1n) is 6.59. The molecule has 2 aromatic carbocycles. The number of carbonyl (C=O) groups is 4. The fourth-order valence-electron chi connectivity index (χ4n) is 2.87. The summed E-state index contributed by atoms with van der Waals surface area (Å²) in [6.45, 7) is 0. The molecule has 1 unspecified atom stereocenters. The first kappa shape index (κ1) is 12.5. The zero-order valence-corrected chi connectivity index (χ0v) is 11.1. The van der Waals surface area contributed by atoms with E-state index in [9.17, 15) is 19.2 Å². The van der Waals surface area contributed by atoms with E-state index in [1.165, 1.54) is 0 Å². The van der Waals surface area contributed by atoms with Gasteiger partial charge in [0, 0.05) is 16.5 Å². The molecule has 0 spiro atoms. The smallest absolute Gasteiger partial charge is 0.309 e. The fraction of sp³-hybridized carbons (Fsp3) is 0.0667. The predicted molar refractivity (Wildman–Crippen MR) is 74.9 cm³/mol. The van der Waals surface area contributed by atoms with Crippen molar-refractivity contribution in [2.45, 2.75) is 6.17 Å². The Balaban J connectivity index is 1.93. The standard InChI is InChI=1S/C15H9N3O4/c19-12-11(16-15(22)17-12)18-13(20)8-5-1-3-7-4-2-6-9(10(7)8)14(18)21/h1-6,11H,(H2,16,17,19,22). The molecule has 7 heteroatoms.